The van der Waals surface area contributed by atoms with E-state index in [0.29, 0.717) is 5.92 Å². The van der Waals surface area contributed by atoms with Crippen molar-refractivity contribution >= 4 is 5.71 Å². The molecule has 0 saturated heterocycles. The second-order valence-electron chi connectivity index (χ2n) is 8.37. The zero-order valence-electron chi connectivity index (χ0n) is 16.9. The highest BCUT2D eigenvalue weighted by molar-refractivity contribution is 6.02. The first-order valence-corrected chi connectivity index (χ1v) is 10.5. The summed E-state index contributed by atoms with van der Waals surface area (Å²) in [4.78, 5) is 12.2. The van der Waals surface area contributed by atoms with Crippen molar-refractivity contribution in [2.24, 2.45) is 16.8 Å². The third-order valence-corrected chi connectivity index (χ3v) is 5.86. The maximum absolute atomic E-state index is 4.92. The number of aryl methyl sites for hydroxylation is 1. The van der Waals surface area contributed by atoms with Crippen LogP contribution in [0, 0.1) is 18.8 Å². The van der Waals surface area contributed by atoms with E-state index in [-0.39, 0.29) is 0 Å². The van der Waals surface area contributed by atoms with Crippen LogP contribution in [-0.4, -0.2) is 35.2 Å². The smallest absolute Gasteiger partial charge is 0.0573 e. The lowest BCUT2D eigenvalue weighted by atomic mass is 9.88. The molecule has 1 aromatic heterocycles. The molecule has 0 unspecified atom stereocenters. The Morgan fingerprint density at radius 3 is 2.69 bits per heavy atom. The predicted octanol–water partition coefficient (Wildman–Crippen LogP) is 5.20. The molecule has 1 aliphatic heterocycles. The highest BCUT2D eigenvalue weighted by Gasteiger charge is 2.22. The summed E-state index contributed by atoms with van der Waals surface area (Å²) in [5.74, 6) is 1.39. The molecule has 3 heteroatoms. The number of nitrogens with zero attached hydrogens (tertiary/aromatic N) is 3. The summed E-state index contributed by atoms with van der Waals surface area (Å²) in [5, 5.41) is 0. The molecule has 3 rings (SSSR count). The number of hydrogen-bond donors (Lipinski definition) is 0. The monoisotopic (exact) mass is 353 g/mol. The van der Waals surface area contributed by atoms with Gasteiger partial charge in [-0.05, 0) is 55.2 Å². The highest BCUT2D eigenvalue weighted by Crippen LogP contribution is 2.26. The van der Waals surface area contributed by atoms with E-state index in [1.165, 1.54) is 61.2 Å². The van der Waals surface area contributed by atoms with E-state index in [4.69, 9.17) is 4.99 Å². The fourth-order valence-corrected chi connectivity index (χ4v) is 4.37. The van der Waals surface area contributed by atoms with Gasteiger partial charge in [0.2, 0.25) is 0 Å². The Kier molecular flexibility index (Phi) is 7.01. The topological polar surface area (TPSA) is 28.5 Å². The van der Waals surface area contributed by atoms with Crippen LogP contribution >= 0.6 is 0 Å². The van der Waals surface area contributed by atoms with Crippen LogP contribution in [0.3, 0.4) is 0 Å². The van der Waals surface area contributed by atoms with Crippen LogP contribution in [0.25, 0.3) is 0 Å². The van der Waals surface area contributed by atoms with Gasteiger partial charge in [0.1, 0.15) is 0 Å². The van der Waals surface area contributed by atoms with Gasteiger partial charge in [-0.2, -0.15) is 0 Å². The largest absolute Gasteiger partial charge is 0.291 e. The summed E-state index contributed by atoms with van der Waals surface area (Å²) in [6.07, 6.45) is 12.4. The summed E-state index contributed by atoms with van der Waals surface area (Å²) in [6.45, 7) is 10.8. The van der Waals surface area contributed by atoms with Crippen molar-refractivity contribution in [3.05, 3.63) is 41.2 Å². The quantitative estimate of drug-likeness (QED) is 0.674. The third kappa shape index (κ3) is 5.26. The van der Waals surface area contributed by atoms with Gasteiger partial charge in [0, 0.05) is 32.4 Å². The molecule has 1 aliphatic carbocycles. The molecule has 3 nitrogen and oxygen atoms in total. The summed E-state index contributed by atoms with van der Waals surface area (Å²) in [6, 6.07) is 4.22. The van der Waals surface area contributed by atoms with E-state index in [9.17, 15) is 0 Å². The molecule has 0 atom stereocenters. The van der Waals surface area contributed by atoms with E-state index in [0.717, 1.165) is 32.0 Å². The maximum Gasteiger partial charge on any atom is 0.0573 e. The van der Waals surface area contributed by atoms with Gasteiger partial charge < -0.3 is 0 Å². The first-order valence-electron chi connectivity index (χ1n) is 10.5. The Morgan fingerprint density at radius 1 is 1.15 bits per heavy atom. The maximum atomic E-state index is 4.92. The SMILES string of the molecule is Cc1cccnc1CN(CC1=NCCC=C1C(C)C)CC1CCCCC1. The molecule has 1 aromatic rings. The minimum Gasteiger partial charge on any atom is -0.291 e. The zero-order valence-corrected chi connectivity index (χ0v) is 16.9. The standard InChI is InChI=1S/C23H35N3/c1-18(2)21-12-8-14-25-23(21)17-26(15-20-10-5-4-6-11-20)16-22-19(3)9-7-13-24-22/h7,9,12-13,18,20H,4-6,8,10-11,14-17H2,1-3H3. The molecule has 1 saturated carbocycles. The van der Waals surface area contributed by atoms with Crippen LogP contribution in [0.1, 0.15) is 63.6 Å². The molecular weight excluding hydrogens is 318 g/mol. The number of pyridine rings is 1. The van der Waals surface area contributed by atoms with Gasteiger partial charge in [0.25, 0.3) is 0 Å². The van der Waals surface area contributed by atoms with E-state index in [1.807, 2.05) is 12.3 Å². The molecule has 142 valence electrons. The molecule has 1 fully saturated rings. The lowest BCUT2D eigenvalue weighted by Gasteiger charge is -2.31. The van der Waals surface area contributed by atoms with Gasteiger partial charge in [-0.15, -0.1) is 0 Å². The van der Waals surface area contributed by atoms with Crippen molar-refractivity contribution in [3.8, 4) is 0 Å². The fraction of sp³-hybridized carbons (Fsp3) is 0.652. The number of rotatable bonds is 7. The minimum atomic E-state index is 0.558. The number of aromatic nitrogens is 1. The van der Waals surface area contributed by atoms with E-state index in [1.54, 1.807) is 0 Å². The third-order valence-electron chi connectivity index (χ3n) is 5.86. The molecule has 0 N–H and O–H groups in total. The van der Waals surface area contributed by atoms with E-state index in [2.05, 4.69) is 42.8 Å². The number of dihydropyridines is 1. The Morgan fingerprint density at radius 2 is 1.96 bits per heavy atom. The second-order valence-corrected chi connectivity index (χ2v) is 8.37. The van der Waals surface area contributed by atoms with Crippen molar-refractivity contribution in [1.29, 1.82) is 0 Å². The highest BCUT2D eigenvalue weighted by atomic mass is 15.1. The molecule has 0 spiro atoms. The van der Waals surface area contributed by atoms with Crippen LogP contribution in [0.5, 0.6) is 0 Å². The normalized spacial score (nSPS) is 19.0. The van der Waals surface area contributed by atoms with Crippen molar-refractivity contribution < 1.29 is 0 Å². The molecular formula is C23H35N3. The van der Waals surface area contributed by atoms with Crippen molar-refractivity contribution in [2.75, 3.05) is 19.6 Å². The van der Waals surface area contributed by atoms with Crippen LogP contribution in [0.2, 0.25) is 0 Å². The predicted molar refractivity (Wildman–Crippen MR) is 111 cm³/mol. The minimum absolute atomic E-state index is 0.558. The summed E-state index contributed by atoms with van der Waals surface area (Å²) in [5.41, 5.74) is 5.29. The first kappa shape index (κ1) is 19.3. The van der Waals surface area contributed by atoms with Crippen LogP contribution in [0.15, 0.2) is 35.0 Å². The Bertz CT molecular complexity index is 639. The molecule has 2 heterocycles. The average Bonchev–Trinajstić information content (AvgIpc) is 2.65. The Hall–Kier alpha value is -1.48. The van der Waals surface area contributed by atoms with Crippen LogP contribution in [-0.2, 0) is 6.54 Å². The number of aliphatic imine (C=N–C) groups is 1. The molecule has 0 radical (unpaired) electrons. The van der Waals surface area contributed by atoms with Gasteiger partial charge in [-0.3, -0.25) is 14.9 Å². The zero-order chi connectivity index (χ0) is 18.4. The first-order chi connectivity index (χ1) is 12.6. The van der Waals surface area contributed by atoms with Gasteiger partial charge in [-0.1, -0.05) is 45.3 Å². The molecule has 0 amide bonds. The van der Waals surface area contributed by atoms with Crippen LogP contribution < -0.4 is 0 Å². The summed E-state index contributed by atoms with van der Waals surface area (Å²) in [7, 11) is 0. The number of hydrogen-bond acceptors (Lipinski definition) is 3. The lowest BCUT2D eigenvalue weighted by molar-refractivity contribution is 0.213. The van der Waals surface area contributed by atoms with Gasteiger partial charge in [0.05, 0.1) is 11.4 Å². The molecule has 0 bridgehead atoms. The van der Waals surface area contributed by atoms with Crippen molar-refractivity contribution in [1.82, 2.24) is 9.88 Å². The average molecular weight is 354 g/mol. The Labute approximate surface area is 159 Å². The van der Waals surface area contributed by atoms with Crippen LogP contribution in [0.4, 0.5) is 0 Å². The van der Waals surface area contributed by atoms with Crippen molar-refractivity contribution in [3.63, 3.8) is 0 Å². The second kappa shape index (κ2) is 9.45. The fourth-order valence-electron chi connectivity index (χ4n) is 4.37. The van der Waals surface area contributed by atoms with Gasteiger partial charge in [-0.25, -0.2) is 0 Å². The Balaban J connectivity index is 1.74. The molecule has 26 heavy (non-hydrogen) atoms. The summed E-state index contributed by atoms with van der Waals surface area (Å²) >= 11 is 0. The molecule has 2 aliphatic rings. The summed E-state index contributed by atoms with van der Waals surface area (Å²) < 4.78 is 0. The molecule has 0 aromatic carbocycles. The van der Waals surface area contributed by atoms with Gasteiger partial charge in [0.15, 0.2) is 0 Å². The van der Waals surface area contributed by atoms with Gasteiger partial charge >= 0.3 is 0 Å². The lowest BCUT2D eigenvalue weighted by Crippen LogP contribution is -2.36. The van der Waals surface area contributed by atoms with Crippen molar-refractivity contribution in [2.45, 2.75) is 65.8 Å². The van der Waals surface area contributed by atoms with E-state index >= 15 is 0 Å². The van der Waals surface area contributed by atoms with E-state index < -0.39 is 0 Å².